The van der Waals surface area contributed by atoms with E-state index in [4.69, 9.17) is 0 Å². The van der Waals surface area contributed by atoms with E-state index in [9.17, 15) is 15.2 Å². The van der Waals surface area contributed by atoms with E-state index >= 15 is 0 Å². The summed E-state index contributed by atoms with van der Waals surface area (Å²) in [5, 5.41) is 32.0. The molecule has 0 aliphatic heterocycles. The minimum atomic E-state index is -0.442. The van der Waals surface area contributed by atoms with Crippen molar-refractivity contribution in [2.24, 2.45) is 5.10 Å². The van der Waals surface area contributed by atoms with Crippen LogP contribution in [0.25, 0.3) is 11.4 Å². The molecule has 0 aliphatic rings. The van der Waals surface area contributed by atoms with E-state index in [1.54, 1.807) is 30.3 Å². The van der Waals surface area contributed by atoms with E-state index in [0.717, 1.165) is 16.9 Å². The minimum Gasteiger partial charge on any atom is -0.508 e. The highest BCUT2D eigenvalue weighted by Gasteiger charge is 2.09. The molecule has 0 fully saturated rings. The van der Waals surface area contributed by atoms with Crippen molar-refractivity contribution in [3.8, 4) is 17.1 Å². The van der Waals surface area contributed by atoms with Gasteiger partial charge in [-0.3, -0.25) is 10.1 Å². The Morgan fingerprint density at radius 1 is 1.27 bits per heavy atom. The molecule has 0 unspecified atom stereocenters. The standard InChI is InChI=1S/C13H9N5O3S/c19-10-3-1-9(2-4-10)13-16-14-8-17(13)15-7-11-5-6-12(22-11)18(20)21/h1-8,19H/b15-7-. The number of aromatic nitrogens is 3. The molecule has 0 saturated carbocycles. The molecule has 110 valence electrons. The Hall–Kier alpha value is -3.07. The number of benzene rings is 1. The van der Waals surface area contributed by atoms with Crippen molar-refractivity contribution in [1.29, 1.82) is 0 Å². The summed E-state index contributed by atoms with van der Waals surface area (Å²) in [6, 6.07) is 9.53. The number of phenolic OH excluding ortho intramolecular Hbond substituents is 1. The largest absolute Gasteiger partial charge is 0.508 e. The van der Waals surface area contributed by atoms with Crippen LogP contribution in [0.4, 0.5) is 5.00 Å². The maximum absolute atomic E-state index is 10.6. The highest BCUT2D eigenvalue weighted by atomic mass is 32.1. The van der Waals surface area contributed by atoms with Crippen LogP contribution in [0, 0.1) is 10.1 Å². The number of aromatic hydroxyl groups is 1. The van der Waals surface area contributed by atoms with Gasteiger partial charge >= 0.3 is 5.00 Å². The molecule has 0 atom stereocenters. The predicted octanol–water partition coefficient (Wildman–Crippen LogP) is 2.50. The molecule has 0 saturated heterocycles. The average molecular weight is 315 g/mol. The Morgan fingerprint density at radius 2 is 2.05 bits per heavy atom. The molecule has 1 N–H and O–H groups in total. The summed E-state index contributed by atoms with van der Waals surface area (Å²) >= 11 is 1.03. The van der Waals surface area contributed by atoms with Crippen molar-refractivity contribution in [2.45, 2.75) is 0 Å². The normalized spacial score (nSPS) is 11.1. The van der Waals surface area contributed by atoms with Gasteiger partial charge < -0.3 is 5.11 Å². The highest BCUT2D eigenvalue weighted by molar-refractivity contribution is 7.16. The zero-order valence-corrected chi connectivity index (χ0v) is 11.8. The molecule has 9 heteroatoms. The van der Waals surface area contributed by atoms with Gasteiger partial charge in [-0.25, -0.2) is 0 Å². The molecule has 22 heavy (non-hydrogen) atoms. The van der Waals surface area contributed by atoms with Crippen molar-refractivity contribution >= 4 is 22.6 Å². The summed E-state index contributed by atoms with van der Waals surface area (Å²) in [7, 11) is 0. The molecular formula is C13H9N5O3S. The maximum Gasteiger partial charge on any atom is 0.324 e. The molecule has 8 nitrogen and oxygen atoms in total. The van der Waals surface area contributed by atoms with Gasteiger partial charge in [0, 0.05) is 11.6 Å². The van der Waals surface area contributed by atoms with Crippen molar-refractivity contribution in [1.82, 2.24) is 14.9 Å². The van der Waals surface area contributed by atoms with Gasteiger partial charge in [0.25, 0.3) is 0 Å². The monoisotopic (exact) mass is 315 g/mol. The number of nitrogens with zero attached hydrogens (tertiary/aromatic N) is 5. The molecular weight excluding hydrogens is 306 g/mol. The fourth-order valence-corrected chi connectivity index (χ4v) is 2.43. The van der Waals surface area contributed by atoms with Crippen LogP contribution in [-0.2, 0) is 0 Å². The summed E-state index contributed by atoms with van der Waals surface area (Å²) < 4.78 is 1.46. The fraction of sp³-hybridized carbons (Fsp3) is 0. The zero-order valence-electron chi connectivity index (χ0n) is 11.0. The van der Waals surface area contributed by atoms with Gasteiger partial charge in [-0.2, -0.15) is 9.78 Å². The van der Waals surface area contributed by atoms with Gasteiger partial charge in [-0.05, 0) is 30.3 Å². The third-order valence-electron chi connectivity index (χ3n) is 2.76. The van der Waals surface area contributed by atoms with Gasteiger partial charge in [0.05, 0.1) is 16.0 Å². The van der Waals surface area contributed by atoms with Crippen molar-refractivity contribution in [3.05, 3.63) is 57.7 Å². The first-order chi connectivity index (χ1) is 10.6. The molecule has 3 aromatic rings. The number of nitro groups is 1. The van der Waals surface area contributed by atoms with E-state index in [0.29, 0.717) is 10.7 Å². The molecule has 1 aromatic carbocycles. The Kier molecular flexibility index (Phi) is 3.62. The summed E-state index contributed by atoms with van der Waals surface area (Å²) in [6.07, 6.45) is 2.94. The van der Waals surface area contributed by atoms with Crippen LogP contribution in [0.3, 0.4) is 0 Å². The van der Waals surface area contributed by atoms with Crippen LogP contribution in [0.2, 0.25) is 0 Å². The lowest BCUT2D eigenvalue weighted by Gasteiger charge is -2.00. The Morgan fingerprint density at radius 3 is 2.73 bits per heavy atom. The molecule has 0 radical (unpaired) electrons. The maximum atomic E-state index is 10.6. The number of rotatable bonds is 4. The second kappa shape index (κ2) is 5.74. The topological polar surface area (TPSA) is 106 Å². The highest BCUT2D eigenvalue weighted by Crippen LogP contribution is 2.23. The first kappa shape index (κ1) is 13.9. The van der Waals surface area contributed by atoms with Crippen LogP contribution in [0.15, 0.2) is 47.8 Å². The minimum absolute atomic E-state index is 0.0592. The van der Waals surface area contributed by atoms with E-state index in [2.05, 4.69) is 15.3 Å². The van der Waals surface area contributed by atoms with Gasteiger partial charge in [-0.1, -0.05) is 11.3 Å². The molecule has 2 aromatic heterocycles. The van der Waals surface area contributed by atoms with E-state index in [1.165, 1.54) is 23.3 Å². The molecule has 0 bridgehead atoms. The van der Waals surface area contributed by atoms with Crippen molar-refractivity contribution in [2.75, 3.05) is 0 Å². The van der Waals surface area contributed by atoms with Crippen LogP contribution in [0.1, 0.15) is 4.88 Å². The summed E-state index contributed by atoms with van der Waals surface area (Å²) in [5.41, 5.74) is 0.740. The van der Waals surface area contributed by atoms with E-state index in [1.807, 2.05) is 0 Å². The smallest absolute Gasteiger partial charge is 0.324 e. The second-order valence-electron chi connectivity index (χ2n) is 4.22. The lowest BCUT2D eigenvalue weighted by Crippen LogP contribution is -1.92. The number of hydrogen-bond donors (Lipinski definition) is 1. The van der Waals surface area contributed by atoms with E-state index < -0.39 is 4.92 Å². The zero-order chi connectivity index (χ0) is 15.5. The third kappa shape index (κ3) is 2.83. The summed E-state index contributed by atoms with van der Waals surface area (Å²) in [6.45, 7) is 0. The number of thiophene rings is 1. The third-order valence-corrected chi connectivity index (χ3v) is 3.73. The van der Waals surface area contributed by atoms with Crippen LogP contribution >= 0.6 is 11.3 Å². The predicted molar refractivity (Wildman–Crippen MR) is 81.1 cm³/mol. The summed E-state index contributed by atoms with van der Waals surface area (Å²) in [5.74, 6) is 0.659. The second-order valence-corrected chi connectivity index (χ2v) is 5.32. The van der Waals surface area contributed by atoms with Gasteiger partial charge in [-0.15, -0.1) is 10.2 Å². The van der Waals surface area contributed by atoms with Gasteiger partial charge in [0.1, 0.15) is 12.1 Å². The lowest BCUT2D eigenvalue weighted by molar-refractivity contribution is -0.380. The lowest BCUT2D eigenvalue weighted by atomic mass is 10.2. The average Bonchev–Trinajstić information content (AvgIpc) is 3.15. The van der Waals surface area contributed by atoms with Crippen molar-refractivity contribution < 1.29 is 10.0 Å². The Labute approximate surface area is 128 Å². The molecule has 0 amide bonds. The molecule has 2 heterocycles. The Bertz CT molecular complexity index is 837. The molecule has 3 rings (SSSR count). The molecule has 0 aliphatic carbocycles. The fourth-order valence-electron chi connectivity index (χ4n) is 1.74. The SMILES string of the molecule is O=[N+]([O-])c1ccc(/C=N\n2cnnc2-c2ccc(O)cc2)s1. The van der Waals surface area contributed by atoms with Crippen molar-refractivity contribution in [3.63, 3.8) is 0 Å². The molecule has 0 spiro atoms. The van der Waals surface area contributed by atoms with Gasteiger partial charge in [0.15, 0.2) is 5.82 Å². The van der Waals surface area contributed by atoms with Crippen LogP contribution < -0.4 is 0 Å². The summed E-state index contributed by atoms with van der Waals surface area (Å²) in [4.78, 5) is 10.8. The quantitative estimate of drug-likeness (QED) is 0.452. The van der Waals surface area contributed by atoms with Gasteiger partial charge in [0.2, 0.25) is 0 Å². The number of hydrogen-bond acceptors (Lipinski definition) is 7. The van der Waals surface area contributed by atoms with E-state index in [-0.39, 0.29) is 10.8 Å². The Balaban J connectivity index is 1.86. The first-order valence-electron chi connectivity index (χ1n) is 6.11. The van der Waals surface area contributed by atoms with Crippen LogP contribution in [-0.4, -0.2) is 31.1 Å². The number of phenols is 1. The first-order valence-corrected chi connectivity index (χ1v) is 6.93. The van der Waals surface area contributed by atoms with Crippen LogP contribution in [0.5, 0.6) is 5.75 Å².